The molecule has 4 heterocycles. The van der Waals surface area contributed by atoms with Crippen LogP contribution in [0.3, 0.4) is 0 Å². The molecule has 9 nitrogen and oxygen atoms in total. The van der Waals surface area contributed by atoms with Crippen molar-refractivity contribution in [1.82, 2.24) is 34.7 Å². The SMILES string of the molecule is CC1(Oc2ncnc3c2nc(-c2ccc(OCCN4CCNCC4)cc2Cl)n3Cc2cc(Cl)c(F)cn2)CC1. The second kappa shape index (κ2) is 10.8. The molecule has 0 unspecified atom stereocenters. The van der Waals surface area contributed by atoms with Gasteiger partial charge in [0.2, 0.25) is 5.88 Å². The summed E-state index contributed by atoms with van der Waals surface area (Å²) in [5.74, 6) is 1.06. The van der Waals surface area contributed by atoms with E-state index in [1.54, 1.807) is 6.07 Å². The van der Waals surface area contributed by atoms with Crippen LogP contribution in [0.15, 0.2) is 36.8 Å². The molecule has 1 saturated heterocycles. The molecular formula is C27H28Cl2FN7O2. The van der Waals surface area contributed by atoms with E-state index in [4.69, 9.17) is 37.7 Å². The van der Waals surface area contributed by atoms with Crippen LogP contribution in [0.5, 0.6) is 11.6 Å². The average Bonchev–Trinajstić information content (AvgIpc) is 3.54. The quantitative estimate of drug-likeness (QED) is 0.312. The first-order valence-electron chi connectivity index (χ1n) is 12.9. The van der Waals surface area contributed by atoms with Gasteiger partial charge in [0.15, 0.2) is 17.0 Å². The number of pyridine rings is 1. The number of nitrogens with zero attached hydrogens (tertiary/aromatic N) is 6. The molecule has 1 N–H and O–H groups in total. The largest absolute Gasteiger partial charge is 0.492 e. The minimum atomic E-state index is -0.581. The Morgan fingerprint density at radius 3 is 2.64 bits per heavy atom. The van der Waals surface area contributed by atoms with Crippen LogP contribution in [0.25, 0.3) is 22.6 Å². The molecule has 1 saturated carbocycles. The lowest BCUT2D eigenvalue weighted by molar-refractivity contribution is 0.191. The number of imidazole rings is 1. The number of benzene rings is 1. The monoisotopic (exact) mass is 571 g/mol. The molecule has 12 heteroatoms. The molecule has 0 amide bonds. The molecule has 0 spiro atoms. The molecule has 2 aliphatic rings. The molecule has 4 aromatic rings. The molecular weight excluding hydrogens is 544 g/mol. The van der Waals surface area contributed by atoms with E-state index in [0.717, 1.165) is 51.8 Å². The van der Waals surface area contributed by atoms with Crippen molar-refractivity contribution in [1.29, 1.82) is 0 Å². The number of rotatable bonds is 9. The van der Waals surface area contributed by atoms with Gasteiger partial charge in [-0.15, -0.1) is 0 Å². The second-order valence-electron chi connectivity index (χ2n) is 10.1. The fourth-order valence-electron chi connectivity index (χ4n) is 4.55. The van der Waals surface area contributed by atoms with Crippen molar-refractivity contribution in [2.24, 2.45) is 0 Å². The minimum absolute atomic E-state index is 0.00775. The topological polar surface area (TPSA) is 90.2 Å². The van der Waals surface area contributed by atoms with E-state index in [9.17, 15) is 4.39 Å². The van der Waals surface area contributed by atoms with Gasteiger partial charge in [-0.1, -0.05) is 23.2 Å². The van der Waals surface area contributed by atoms with Gasteiger partial charge >= 0.3 is 0 Å². The highest BCUT2D eigenvalue weighted by Gasteiger charge is 2.41. The third-order valence-corrected chi connectivity index (χ3v) is 7.65. The minimum Gasteiger partial charge on any atom is -0.492 e. The number of piperazine rings is 1. The predicted molar refractivity (Wildman–Crippen MR) is 147 cm³/mol. The molecule has 1 aliphatic carbocycles. The van der Waals surface area contributed by atoms with Gasteiger partial charge < -0.3 is 19.4 Å². The van der Waals surface area contributed by atoms with Crippen LogP contribution >= 0.6 is 23.2 Å². The zero-order valence-electron chi connectivity index (χ0n) is 21.5. The van der Waals surface area contributed by atoms with Gasteiger partial charge in [-0.3, -0.25) is 9.88 Å². The van der Waals surface area contributed by atoms with Crippen LogP contribution < -0.4 is 14.8 Å². The van der Waals surface area contributed by atoms with Crippen LogP contribution in [0.1, 0.15) is 25.5 Å². The van der Waals surface area contributed by atoms with E-state index < -0.39 is 5.82 Å². The molecule has 0 bridgehead atoms. The third kappa shape index (κ3) is 5.79. The maximum Gasteiger partial charge on any atom is 0.245 e. The van der Waals surface area contributed by atoms with Crippen LogP contribution in [-0.4, -0.2) is 74.3 Å². The molecule has 2 fully saturated rings. The lowest BCUT2D eigenvalue weighted by Crippen LogP contribution is -2.44. The summed E-state index contributed by atoms with van der Waals surface area (Å²) < 4.78 is 27.8. The summed E-state index contributed by atoms with van der Waals surface area (Å²) in [7, 11) is 0. The van der Waals surface area contributed by atoms with E-state index in [2.05, 4.69) is 25.2 Å². The maximum absolute atomic E-state index is 13.8. The number of halogens is 3. The van der Waals surface area contributed by atoms with E-state index in [-0.39, 0.29) is 17.2 Å². The van der Waals surface area contributed by atoms with E-state index in [1.807, 2.05) is 23.6 Å². The molecule has 3 aromatic heterocycles. The summed E-state index contributed by atoms with van der Waals surface area (Å²) in [6, 6.07) is 7.04. The van der Waals surface area contributed by atoms with Gasteiger partial charge in [0.1, 0.15) is 30.1 Å². The van der Waals surface area contributed by atoms with Crippen molar-refractivity contribution in [3.05, 3.63) is 58.3 Å². The first-order chi connectivity index (χ1) is 18.9. The number of ether oxygens (including phenoxy) is 2. The molecule has 204 valence electrons. The summed E-state index contributed by atoms with van der Waals surface area (Å²) in [6.07, 6.45) is 4.46. The smallest absolute Gasteiger partial charge is 0.245 e. The van der Waals surface area contributed by atoms with Crippen molar-refractivity contribution < 1.29 is 13.9 Å². The van der Waals surface area contributed by atoms with Gasteiger partial charge in [-0.05, 0) is 44.0 Å². The number of hydrogen-bond donors (Lipinski definition) is 1. The average molecular weight is 572 g/mol. The lowest BCUT2D eigenvalue weighted by Gasteiger charge is -2.26. The van der Waals surface area contributed by atoms with Crippen molar-refractivity contribution >= 4 is 34.4 Å². The van der Waals surface area contributed by atoms with Gasteiger partial charge in [0.25, 0.3) is 0 Å². The van der Waals surface area contributed by atoms with Gasteiger partial charge in [-0.25, -0.2) is 14.4 Å². The first kappa shape index (κ1) is 26.2. The Kier molecular flexibility index (Phi) is 7.28. The van der Waals surface area contributed by atoms with Gasteiger partial charge in [-0.2, -0.15) is 4.98 Å². The Balaban J connectivity index is 1.33. The fourth-order valence-corrected chi connectivity index (χ4v) is 4.98. The number of nitrogens with one attached hydrogen (secondary N) is 1. The maximum atomic E-state index is 13.8. The highest BCUT2D eigenvalue weighted by atomic mass is 35.5. The molecule has 1 aromatic carbocycles. The van der Waals surface area contributed by atoms with E-state index in [0.29, 0.717) is 51.5 Å². The Morgan fingerprint density at radius 2 is 1.90 bits per heavy atom. The number of aromatic nitrogens is 5. The van der Waals surface area contributed by atoms with Crippen molar-refractivity contribution in [2.75, 3.05) is 39.3 Å². The standard InChI is InChI=1S/C27H28Cl2FN7O2/c1-27(4-5-27)39-26-23-25(33-16-34-26)37(15-17-12-21(29)22(30)14-32-17)24(35-23)19-3-2-18(13-20(19)28)38-11-10-36-8-6-31-7-9-36/h2-3,12-14,16,31H,4-11,15H2,1H3. The summed E-state index contributed by atoms with van der Waals surface area (Å²) >= 11 is 12.8. The summed E-state index contributed by atoms with van der Waals surface area (Å²) in [4.78, 5) is 20.3. The van der Waals surface area contributed by atoms with E-state index >= 15 is 0 Å². The predicted octanol–water partition coefficient (Wildman–Crippen LogP) is 4.60. The van der Waals surface area contributed by atoms with Crippen molar-refractivity contribution in [3.63, 3.8) is 0 Å². The molecule has 1 aliphatic heterocycles. The highest BCUT2D eigenvalue weighted by molar-refractivity contribution is 6.33. The first-order valence-corrected chi connectivity index (χ1v) is 13.7. The second-order valence-corrected chi connectivity index (χ2v) is 10.9. The summed E-state index contributed by atoms with van der Waals surface area (Å²) in [6.45, 7) is 7.72. The highest BCUT2D eigenvalue weighted by Crippen LogP contribution is 2.41. The summed E-state index contributed by atoms with van der Waals surface area (Å²) in [5.41, 5.74) is 2.04. The van der Waals surface area contributed by atoms with Crippen molar-refractivity contribution in [3.8, 4) is 23.0 Å². The number of hydrogen-bond acceptors (Lipinski definition) is 8. The Bertz CT molecular complexity index is 1510. The van der Waals surface area contributed by atoms with Gasteiger partial charge in [0.05, 0.1) is 28.5 Å². The van der Waals surface area contributed by atoms with Gasteiger partial charge in [0, 0.05) is 38.3 Å². The third-order valence-electron chi connectivity index (χ3n) is 7.05. The fraction of sp³-hybridized carbons (Fsp3) is 0.407. The van der Waals surface area contributed by atoms with Crippen LogP contribution in [0, 0.1) is 5.82 Å². The van der Waals surface area contributed by atoms with Crippen LogP contribution in [-0.2, 0) is 6.54 Å². The summed E-state index contributed by atoms with van der Waals surface area (Å²) in [5, 5.41) is 3.82. The molecule has 0 atom stereocenters. The normalized spacial score (nSPS) is 16.9. The van der Waals surface area contributed by atoms with Crippen LogP contribution in [0.4, 0.5) is 4.39 Å². The molecule has 39 heavy (non-hydrogen) atoms. The van der Waals surface area contributed by atoms with Crippen molar-refractivity contribution in [2.45, 2.75) is 31.9 Å². The molecule has 6 rings (SSSR count). The van der Waals surface area contributed by atoms with E-state index in [1.165, 1.54) is 12.4 Å². The Labute approximate surface area is 235 Å². The Morgan fingerprint density at radius 1 is 1.08 bits per heavy atom. The lowest BCUT2D eigenvalue weighted by atomic mass is 10.2. The number of fused-ring (bicyclic) bond motifs is 1. The Hall–Kier alpha value is -3.05. The zero-order valence-corrected chi connectivity index (χ0v) is 23.0. The zero-order chi connectivity index (χ0) is 27.0. The molecule has 0 radical (unpaired) electrons. The van der Waals surface area contributed by atoms with Crippen LogP contribution in [0.2, 0.25) is 10.0 Å².